The molecular formula is C22H28N2O2S. The molecule has 0 radical (unpaired) electrons. The Bertz CT molecular complexity index is 802. The van der Waals surface area contributed by atoms with Crippen molar-refractivity contribution in [3.63, 3.8) is 0 Å². The summed E-state index contributed by atoms with van der Waals surface area (Å²) < 4.78 is 0. The molecule has 0 fully saturated rings. The van der Waals surface area contributed by atoms with Gasteiger partial charge in [0.2, 0.25) is 11.8 Å². The van der Waals surface area contributed by atoms with Crippen LogP contribution in [0.3, 0.4) is 0 Å². The van der Waals surface area contributed by atoms with Crippen LogP contribution in [0.1, 0.15) is 30.5 Å². The number of amides is 2. The summed E-state index contributed by atoms with van der Waals surface area (Å²) in [6.45, 7) is 10.5. The van der Waals surface area contributed by atoms with Crippen molar-refractivity contribution in [1.82, 2.24) is 0 Å². The third-order valence-corrected chi connectivity index (χ3v) is 5.52. The Kier molecular flexibility index (Phi) is 7.48. The van der Waals surface area contributed by atoms with Gasteiger partial charge in [-0.15, -0.1) is 11.8 Å². The van der Waals surface area contributed by atoms with Crippen LogP contribution in [0.5, 0.6) is 0 Å². The van der Waals surface area contributed by atoms with Gasteiger partial charge in [0.15, 0.2) is 0 Å². The van der Waals surface area contributed by atoms with Crippen molar-refractivity contribution in [3.05, 3.63) is 59.2 Å². The fourth-order valence-corrected chi connectivity index (χ4v) is 3.52. The number of benzene rings is 2. The number of carbonyl (C=O) groups is 2. The number of aryl methyl sites for hydroxylation is 3. The highest BCUT2D eigenvalue weighted by atomic mass is 32.2. The van der Waals surface area contributed by atoms with Crippen LogP contribution in [0.25, 0.3) is 0 Å². The zero-order valence-corrected chi connectivity index (χ0v) is 17.5. The number of hydrogen-bond donors (Lipinski definition) is 1. The lowest BCUT2D eigenvalue weighted by atomic mass is 10.1. The van der Waals surface area contributed by atoms with Crippen LogP contribution < -0.4 is 10.2 Å². The molecule has 144 valence electrons. The number of anilines is 2. The maximum atomic E-state index is 12.9. The smallest absolute Gasteiger partial charge is 0.239 e. The fourth-order valence-electron chi connectivity index (χ4n) is 2.78. The molecule has 0 aromatic heterocycles. The number of nitrogens with zero attached hydrogens (tertiary/aromatic N) is 1. The fraction of sp³-hybridized carbons (Fsp3) is 0.364. The molecule has 2 aromatic rings. The Morgan fingerprint density at radius 3 is 2.30 bits per heavy atom. The Morgan fingerprint density at radius 1 is 1.04 bits per heavy atom. The van der Waals surface area contributed by atoms with Gasteiger partial charge >= 0.3 is 0 Å². The van der Waals surface area contributed by atoms with Crippen molar-refractivity contribution in [1.29, 1.82) is 0 Å². The van der Waals surface area contributed by atoms with Crippen molar-refractivity contribution >= 4 is 35.0 Å². The minimum atomic E-state index is -0.298. The monoisotopic (exact) mass is 384 g/mol. The molecule has 1 atom stereocenters. The molecule has 0 heterocycles. The largest absolute Gasteiger partial charge is 0.325 e. The van der Waals surface area contributed by atoms with E-state index in [9.17, 15) is 9.59 Å². The first-order valence-electron chi connectivity index (χ1n) is 9.18. The number of hydrogen-bond acceptors (Lipinski definition) is 3. The standard InChI is InChI=1S/C22H28N2O2S/c1-6-24(20-13-16(3)7-10-17(20)4)22(26)18(5)27-14-21(25)23-19-11-8-15(2)9-12-19/h7-13,18H,6,14H2,1-5H3,(H,23,25). The van der Waals surface area contributed by atoms with E-state index in [-0.39, 0.29) is 22.8 Å². The first-order chi connectivity index (χ1) is 12.8. The molecule has 2 aromatic carbocycles. The van der Waals surface area contributed by atoms with Crippen molar-refractivity contribution in [2.45, 2.75) is 39.9 Å². The van der Waals surface area contributed by atoms with Gasteiger partial charge in [-0.05, 0) is 63.9 Å². The molecule has 0 saturated heterocycles. The molecule has 1 N–H and O–H groups in total. The van der Waals surface area contributed by atoms with Gasteiger partial charge in [-0.2, -0.15) is 0 Å². The van der Waals surface area contributed by atoms with Crippen LogP contribution in [0.2, 0.25) is 0 Å². The average Bonchev–Trinajstić information content (AvgIpc) is 2.65. The normalized spacial score (nSPS) is 11.7. The second-order valence-electron chi connectivity index (χ2n) is 6.74. The van der Waals surface area contributed by atoms with Crippen LogP contribution in [0, 0.1) is 20.8 Å². The Hall–Kier alpha value is -2.27. The van der Waals surface area contributed by atoms with Crippen molar-refractivity contribution in [2.75, 3.05) is 22.5 Å². The Morgan fingerprint density at radius 2 is 1.67 bits per heavy atom. The maximum absolute atomic E-state index is 12.9. The molecule has 0 aliphatic carbocycles. The summed E-state index contributed by atoms with van der Waals surface area (Å²) in [4.78, 5) is 26.9. The minimum Gasteiger partial charge on any atom is -0.325 e. The molecule has 4 nitrogen and oxygen atoms in total. The van der Waals surface area contributed by atoms with Gasteiger partial charge in [-0.1, -0.05) is 29.8 Å². The lowest BCUT2D eigenvalue weighted by molar-refractivity contribution is -0.117. The zero-order chi connectivity index (χ0) is 20.0. The van der Waals surface area contributed by atoms with E-state index in [1.165, 1.54) is 11.8 Å². The van der Waals surface area contributed by atoms with Crippen LogP contribution in [0.4, 0.5) is 11.4 Å². The molecule has 0 bridgehead atoms. The van der Waals surface area contributed by atoms with Gasteiger partial charge in [0.1, 0.15) is 0 Å². The van der Waals surface area contributed by atoms with E-state index in [1.54, 1.807) is 4.90 Å². The van der Waals surface area contributed by atoms with E-state index in [0.29, 0.717) is 6.54 Å². The average molecular weight is 385 g/mol. The van der Waals surface area contributed by atoms with Gasteiger partial charge in [-0.3, -0.25) is 9.59 Å². The third kappa shape index (κ3) is 5.86. The highest BCUT2D eigenvalue weighted by molar-refractivity contribution is 8.01. The van der Waals surface area contributed by atoms with Crippen LogP contribution in [-0.2, 0) is 9.59 Å². The van der Waals surface area contributed by atoms with Gasteiger partial charge < -0.3 is 10.2 Å². The highest BCUT2D eigenvalue weighted by Crippen LogP contribution is 2.24. The van der Waals surface area contributed by atoms with Crippen LogP contribution in [-0.4, -0.2) is 29.4 Å². The Balaban J connectivity index is 1.96. The second-order valence-corrected chi connectivity index (χ2v) is 8.07. The molecule has 2 amide bonds. The van der Waals surface area contributed by atoms with Crippen LogP contribution >= 0.6 is 11.8 Å². The molecule has 0 aliphatic rings. The van der Waals surface area contributed by atoms with E-state index < -0.39 is 0 Å². The highest BCUT2D eigenvalue weighted by Gasteiger charge is 2.23. The quantitative estimate of drug-likeness (QED) is 0.751. The van der Waals surface area contributed by atoms with Gasteiger partial charge in [0, 0.05) is 17.9 Å². The molecule has 0 spiro atoms. The van der Waals surface area contributed by atoms with Gasteiger partial charge in [0.05, 0.1) is 11.0 Å². The molecule has 0 aliphatic heterocycles. The minimum absolute atomic E-state index is 0.0272. The lowest BCUT2D eigenvalue weighted by Crippen LogP contribution is -2.37. The molecule has 27 heavy (non-hydrogen) atoms. The Labute approximate surface area is 166 Å². The van der Waals surface area contributed by atoms with E-state index in [1.807, 2.05) is 77.1 Å². The van der Waals surface area contributed by atoms with Crippen molar-refractivity contribution in [3.8, 4) is 0 Å². The van der Waals surface area contributed by atoms with Gasteiger partial charge in [-0.25, -0.2) is 0 Å². The first kappa shape index (κ1) is 21.0. The summed E-state index contributed by atoms with van der Waals surface area (Å²) in [5, 5.41) is 2.57. The molecule has 5 heteroatoms. The number of rotatable bonds is 7. The lowest BCUT2D eigenvalue weighted by Gasteiger charge is -2.26. The zero-order valence-electron chi connectivity index (χ0n) is 16.7. The van der Waals surface area contributed by atoms with Crippen molar-refractivity contribution < 1.29 is 9.59 Å². The number of nitrogens with one attached hydrogen (secondary N) is 1. The first-order valence-corrected chi connectivity index (χ1v) is 10.2. The molecule has 1 unspecified atom stereocenters. The predicted octanol–water partition coefficient (Wildman–Crippen LogP) is 4.73. The predicted molar refractivity (Wildman–Crippen MR) is 116 cm³/mol. The van der Waals surface area contributed by atoms with Crippen molar-refractivity contribution in [2.24, 2.45) is 0 Å². The molecule has 0 saturated carbocycles. The molecule has 2 rings (SSSR count). The van der Waals surface area contributed by atoms with E-state index in [4.69, 9.17) is 0 Å². The maximum Gasteiger partial charge on any atom is 0.239 e. The summed E-state index contributed by atoms with van der Waals surface area (Å²) in [7, 11) is 0. The second kappa shape index (κ2) is 9.60. The summed E-state index contributed by atoms with van der Waals surface area (Å²) in [5.74, 6) is 0.170. The molecular weight excluding hydrogens is 356 g/mol. The summed E-state index contributed by atoms with van der Waals surface area (Å²) in [6.07, 6.45) is 0. The third-order valence-electron chi connectivity index (χ3n) is 4.39. The van der Waals surface area contributed by atoms with E-state index in [2.05, 4.69) is 5.32 Å². The number of thioether (sulfide) groups is 1. The number of carbonyl (C=O) groups excluding carboxylic acids is 2. The summed E-state index contributed by atoms with van der Waals surface area (Å²) in [6, 6.07) is 13.8. The topological polar surface area (TPSA) is 49.4 Å². The van der Waals surface area contributed by atoms with E-state index in [0.717, 1.165) is 28.1 Å². The van der Waals surface area contributed by atoms with Crippen LogP contribution in [0.15, 0.2) is 42.5 Å². The SMILES string of the molecule is CCN(C(=O)C(C)SCC(=O)Nc1ccc(C)cc1)c1cc(C)ccc1C. The summed E-state index contributed by atoms with van der Waals surface area (Å²) >= 11 is 1.36. The van der Waals surface area contributed by atoms with Gasteiger partial charge in [0.25, 0.3) is 0 Å². The summed E-state index contributed by atoms with van der Waals surface area (Å²) in [5.41, 5.74) is 5.06. The van der Waals surface area contributed by atoms with E-state index >= 15 is 0 Å².